The third-order valence-corrected chi connectivity index (χ3v) is 4.91. The molecule has 0 unspecified atom stereocenters. The third kappa shape index (κ3) is 5.15. The van der Waals surface area contributed by atoms with E-state index in [1.165, 1.54) is 0 Å². The maximum atomic E-state index is 12.5. The molecule has 5 nitrogen and oxygen atoms in total. The summed E-state index contributed by atoms with van der Waals surface area (Å²) in [6.07, 6.45) is 2.34. The summed E-state index contributed by atoms with van der Waals surface area (Å²) in [4.78, 5) is 16.7. The normalized spacial score (nSPS) is 10.6. The molecule has 1 aromatic heterocycles. The highest BCUT2D eigenvalue weighted by atomic mass is 79.9. The monoisotopic (exact) mass is 462 g/mol. The fraction of sp³-hybridized carbons (Fsp3) is 0.0833. The number of aromatic nitrogens is 1. The summed E-state index contributed by atoms with van der Waals surface area (Å²) < 4.78 is 12.7. The van der Waals surface area contributed by atoms with Gasteiger partial charge in [-0.1, -0.05) is 58.4 Å². The predicted octanol–water partition coefficient (Wildman–Crippen LogP) is 6.47. The molecule has 0 saturated carbocycles. The average Bonchev–Trinajstić information content (AvgIpc) is 3.24. The van der Waals surface area contributed by atoms with Crippen LogP contribution in [0.4, 0.5) is 5.69 Å². The summed E-state index contributed by atoms with van der Waals surface area (Å²) in [5.41, 5.74) is 1.56. The number of carbonyl (C=O) groups excluding carboxylic acids is 1. The second kappa shape index (κ2) is 9.41. The zero-order valence-corrected chi connectivity index (χ0v) is 17.6. The Morgan fingerprint density at radius 1 is 0.967 bits per heavy atom. The maximum absolute atomic E-state index is 12.5. The third-order valence-electron chi connectivity index (χ3n) is 4.38. The molecule has 0 radical (unpaired) electrons. The van der Waals surface area contributed by atoms with Crippen molar-refractivity contribution < 1.29 is 13.9 Å². The minimum atomic E-state index is -0.137. The molecule has 0 aliphatic heterocycles. The molecular weight excluding hydrogens is 444 g/mol. The van der Waals surface area contributed by atoms with Crippen LogP contribution < -0.4 is 10.1 Å². The number of aryl methyl sites for hydroxylation is 1. The number of carbonyl (C=O) groups is 1. The molecule has 0 spiro atoms. The van der Waals surface area contributed by atoms with Crippen LogP contribution in [0, 0.1) is 0 Å². The van der Waals surface area contributed by atoms with Crippen LogP contribution in [0.3, 0.4) is 0 Å². The predicted molar refractivity (Wildman–Crippen MR) is 120 cm³/mol. The average molecular weight is 463 g/mol. The minimum absolute atomic E-state index is 0.137. The number of rotatable bonds is 7. The molecule has 1 N–H and O–H groups in total. The summed E-state index contributed by atoms with van der Waals surface area (Å²) in [5.74, 6) is 2.36. The smallest absolute Gasteiger partial charge is 0.224 e. The molecule has 0 aliphatic rings. The van der Waals surface area contributed by atoms with Crippen LogP contribution in [0.5, 0.6) is 11.5 Å². The largest absolute Gasteiger partial charge is 0.455 e. The number of halogens is 1. The number of nitrogens with one attached hydrogen (secondary N) is 1. The first-order chi connectivity index (χ1) is 14.7. The molecule has 0 atom stereocenters. The first-order valence-corrected chi connectivity index (χ1v) is 10.3. The summed E-state index contributed by atoms with van der Waals surface area (Å²) >= 11 is 3.41. The lowest BCUT2D eigenvalue weighted by Crippen LogP contribution is -2.13. The highest BCUT2D eigenvalue weighted by molar-refractivity contribution is 9.10. The van der Waals surface area contributed by atoms with Crippen molar-refractivity contribution in [3.63, 3.8) is 0 Å². The summed E-state index contributed by atoms with van der Waals surface area (Å²) in [6.45, 7) is 0. The number of ether oxygens (including phenoxy) is 1. The molecule has 0 saturated heterocycles. The molecule has 150 valence electrons. The van der Waals surface area contributed by atoms with Gasteiger partial charge in [0.05, 0.1) is 11.9 Å². The van der Waals surface area contributed by atoms with E-state index in [9.17, 15) is 4.79 Å². The molecule has 0 aliphatic carbocycles. The molecule has 0 bridgehead atoms. The van der Waals surface area contributed by atoms with E-state index in [0.29, 0.717) is 35.3 Å². The Hall–Kier alpha value is -3.38. The standard InChI is InChI=1S/C24H19BrN2O3/c25-18-12-10-17(11-13-18)22-16-26-24(30-22)15-14-23(28)27-20-8-4-5-9-21(20)29-19-6-2-1-3-7-19/h1-13,16H,14-15H2,(H,27,28). The van der Waals surface area contributed by atoms with E-state index < -0.39 is 0 Å². The second-order valence-electron chi connectivity index (χ2n) is 6.58. The first kappa shape index (κ1) is 19.9. The van der Waals surface area contributed by atoms with Gasteiger partial charge in [0.1, 0.15) is 5.75 Å². The van der Waals surface area contributed by atoms with E-state index in [4.69, 9.17) is 9.15 Å². The molecule has 1 heterocycles. The zero-order chi connectivity index (χ0) is 20.8. The molecule has 4 rings (SSSR count). The Labute approximate surface area is 182 Å². The number of nitrogens with zero attached hydrogens (tertiary/aromatic N) is 1. The Bertz CT molecular complexity index is 1120. The van der Waals surface area contributed by atoms with E-state index in [2.05, 4.69) is 26.2 Å². The number of anilines is 1. The van der Waals surface area contributed by atoms with Crippen LogP contribution >= 0.6 is 15.9 Å². The van der Waals surface area contributed by atoms with Crippen molar-refractivity contribution in [2.75, 3.05) is 5.32 Å². The van der Waals surface area contributed by atoms with Crippen molar-refractivity contribution in [1.29, 1.82) is 0 Å². The molecule has 4 aromatic rings. The van der Waals surface area contributed by atoms with Crippen molar-refractivity contribution >= 4 is 27.5 Å². The zero-order valence-electron chi connectivity index (χ0n) is 16.0. The van der Waals surface area contributed by atoms with Gasteiger partial charge in [0.2, 0.25) is 5.91 Å². The first-order valence-electron chi connectivity index (χ1n) is 9.50. The van der Waals surface area contributed by atoms with Gasteiger partial charge in [-0.2, -0.15) is 0 Å². The highest BCUT2D eigenvalue weighted by Crippen LogP contribution is 2.29. The topological polar surface area (TPSA) is 64.4 Å². The minimum Gasteiger partial charge on any atom is -0.455 e. The van der Waals surface area contributed by atoms with Crippen molar-refractivity contribution in [1.82, 2.24) is 4.98 Å². The van der Waals surface area contributed by atoms with E-state index in [0.717, 1.165) is 10.0 Å². The van der Waals surface area contributed by atoms with E-state index >= 15 is 0 Å². The fourth-order valence-corrected chi connectivity index (χ4v) is 3.15. The molecular formula is C24H19BrN2O3. The lowest BCUT2D eigenvalue weighted by atomic mass is 10.2. The second-order valence-corrected chi connectivity index (χ2v) is 7.50. The molecule has 30 heavy (non-hydrogen) atoms. The van der Waals surface area contributed by atoms with Crippen LogP contribution in [0.25, 0.3) is 11.3 Å². The van der Waals surface area contributed by atoms with Crippen molar-refractivity contribution in [2.45, 2.75) is 12.8 Å². The molecule has 6 heteroatoms. The van der Waals surface area contributed by atoms with Gasteiger partial charge in [-0.05, 0) is 36.4 Å². The van der Waals surface area contributed by atoms with Crippen molar-refractivity contribution in [3.05, 3.63) is 95.4 Å². The summed E-state index contributed by atoms with van der Waals surface area (Å²) in [7, 11) is 0. The molecule has 3 aromatic carbocycles. The van der Waals surface area contributed by atoms with Gasteiger partial charge in [-0.3, -0.25) is 4.79 Å². The van der Waals surface area contributed by atoms with Crippen LogP contribution in [0.15, 0.2) is 93.9 Å². The number of oxazole rings is 1. The summed E-state index contributed by atoms with van der Waals surface area (Å²) in [5, 5.41) is 2.91. The SMILES string of the molecule is O=C(CCc1ncc(-c2ccc(Br)cc2)o1)Nc1ccccc1Oc1ccccc1. The van der Waals surface area contributed by atoms with Crippen LogP contribution in [0.1, 0.15) is 12.3 Å². The van der Waals surface area contributed by atoms with Crippen molar-refractivity contribution in [3.8, 4) is 22.8 Å². The van der Waals surface area contributed by atoms with E-state index in [1.807, 2.05) is 78.9 Å². The quantitative estimate of drug-likeness (QED) is 0.341. The van der Waals surface area contributed by atoms with Gasteiger partial charge in [0.15, 0.2) is 17.4 Å². The maximum Gasteiger partial charge on any atom is 0.224 e. The molecule has 0 fully saturated rings. The number of benzene rings is 3. The Morgan fingerprint density at radius 3 is 2.50 bits per heavy atom. The lowest BCUT2D eigenvalue weighted by Gasteiger charge is -2.12. The number of hydrogen-bond donors (Lipinski definition) is 1. The highest BCUT2D eigenvalue weighted by Gasteiger charge is 2.12. The Kier molecular flexibility index (Phi) is 6.25. The fourth-order valence-electron chi connectivity index (χ4n) is 2.88. The number of para-hydroxylation sites is 3. The van der Waals surface area contributed by atoms with Crippen LogP contribution in [-0.2, 0) is 11.2 Å². The van der Waals surface area contributed by atoms with Gasteiger partial charge in [-0.25, -0.2) is 4.98 Å². The van der Waals surface area contributed by atoms with Crippen molar-refractivity contribution in [2.24, 2.45) is 0 Å². The van der Waals surface area contributed by atoms with E-state index in [1.54, 1.807) is 6.20 Å². The van der Waals surface area contributed by atoms with Crippen LogP contribution in [0.2, 0.25) is 0 Å². The van der Waals surface area contributed by atoms with Gasteiger partial charge in [0.25, 0.3) is 0 Å². The summed E-state index contributed by atoms with van der Waals surface area (Å²) in [6, 6.07) is 24.6. The van der Waals surface area contributed by atoms with E-state index in [-0.39, 0.29) is 12.3 Å². The lowest BCUT2D eigenvalue weighted by molar-refractivity contribution is -0.116. The Morgan fingerprint density at radius 2 is 1.70 bits per heavy atom. The van der Waals surface area contributed by atoms with Gasteiger partial charge in [-0.15, -0.1) is 0 Å². The Balaban J connectivity index is 1.36. The number of amides is 1. The van der Waals surface area contributed by atoms with Crippen LogP contribution in [-0.4, -0.2) is 10.9 Å². The van der Waals surface area contributed by atoms with Gasteiger partial charge < -0.3 is 14.5 Å². The van der Waals surface area contributed by atoms with Gasteiger partial charge >= 0.3 is 0 Å². The van der Waals surface area contributed by atoms with Gasteiger partial charge in [0, 0.05) is 22.9 Å². The molecule has 1 amide bonds. The number of hydrogen-bond acceptors (Lipinski definition) is 4.